The lowest BCUT2D eigenvalue weighted by atomic mass is 10.1. The van der Waals surface area contributed by atoms with Gasteiger partial charge in [0.25, 0.3) is 0 Å². The summed E-state index contributed by atoms with van der Waals surface area (Å²) in [7, 11) is 0. The Labute approximate surface area is 81.2 Å². The molecule has 0 saturated heterocycles. The molecule has 0 amide bonds. The van der Waals surface area contributed by atoms with Crippen LogP contribution in [-0.4, -0.2) is 22.1 Å². The average Bonchev–Trinajstić information content (AvgIpc) is 2.51. The quantitative estimate of drug-likeness (QED) is 0.766. The van der Waals surface area contributed by atoms with E-state index in [4.69, 9.17) is 11.6 Å². The third-order valence-corrected chi connectivity index (χ3v) is 2.84. The Morgan fingerprint density at radius 3 is 2.92 bits per heavy atom. The van der Waals surface area contributed by atoms with E-state index in [-0.39, 0.29) is 5.38 Å². The minimum atomic E-state index is 0.147. The molecular weight excluding hydrogens is 194 g/mol. The maximum absolute atomic E-state index is 6.03. The molecule has 68 valence electrons. The molecule has 3 nitrogen and oxygen atoms in total. The Bertz CT molecular complexity index is 212. The Kier molecular flexibility index (Phi) is 3.75. The number of hydrogen-bond acceptors (Lipinski definition) is 4. The van der Waals surface area contributed by atoms with E-state index in [9.17, 15) is 0 Å². The van der Waals surface area contributed by atoms with Crippen molar-refractivity contribution in [2.24, 2.45) is 5.92 Å². The Morgan fingerprint density at radius 2 is 2.42 bits per heavy atom. The summed E-state index contributed by atoms with van der Waals surface area (Å²) < 4.78 is 0. The Hall–Kier alpha value is -0.350. The maximum Gasteiger partial charge on any atom is 0.205 e. The monoisotopic (exact) mass is 205 g/mol. The molecule has 0 spiro atoms. The molecule has 1 unspecified atom stereocenters. The zero-order valence-corrected chi connectivity index (χ0v) is 8.69. The van der Waals surface area contributed by atoms with Gasteiger partial charge in [0.15, 0.2) is 0 Å². The standard InChI is InChI=1S/C7H12ClN3S/c1-5(2)6(8)3-9-7-11-10-4-12-7/h4-6H,3H2,1-2H3,(H,9,11). The number of nitrogens with zero attached hydrogens (tertiary/aromatic N) is 2. The van der Waals surface area contributed by atoms with Gasteiger partial charge < -0.3 is 5.32 Å². The molecule has 0 aliphatic heterocycles. The zero-order chi connectivity index (χ0) is 8.97. The molecule has 0 aromatic carbocycles. The maximum atomic E-state index is 6.03. The van der Waals surface area contributed by atoms with Crippen LogP contribution in [0.2, 0.25) is 0 Å². The minimum Gasteiger partial charge on any atom is -0.359 e. The number of aromatic nitrogens is 2. The fourth-order valence-corrected chi connectivity index (χ4v) is 1.20. The first kappa shape index (κ1) is 9.74. The summed E-state index contributed by atoms with van der Waals surface area (Å²) in [5, 5.41) is 11.7. The lowest BCUT2D eigenvalue weighted by Gasteiger charge is -2.12. The number of alkyl halides is 1. The van der Waals surface area contributed by atoms with Gasteiger partial charge in [-0.1, -0.05) is 25.2 Å². The first-order valence-electron chi connectivity index (χ1n) is 3.84. The first-order valence-corrected chi connectivity index (χ1v) is 5.16. The van der Waals surface area contributed by atoms with E-state index in [2.05, 4.69) is 29.4 Å². The van der Waals surface area contributed by atoms with Crippen LogP contribution in [0.25, 0.3) is 0 Å². The molecule has 5 heteroatoms. The predicted octanol–water partition coefficient (Wildman–Crippen LogP) is 2.21. The summed E-state index contributed by atoms with van der Waals surface area (Å²) in [5.41, 5.74) is 1.70. The lowest BCUT2D eigenvalue weighted by molar-refractivity contribution is 0.616. The molecule has 0 bridgehead atoms. The molecular formula is C7H12ClN3S. The number of nitrogens with one attached hydrogen (secondary N) is 1. The van der Waals surface area contributed by atoms with Crippen LogP contribution in [0.3, 0.4) is 0 Å². The van der Waals surface area contributed by atoms with Crippen molar-refractivity contribution in [3.63, 3.8) is 0 Å². The van der Waals surface area contributed by atoms with Crippen molar-refractivity contribution in [1.29, 1.82) is 0 Å². The van der Waals surface area contributed by atoms with E-state index < -0.39 is 0 Å². The van der Waals surface area contributed by atoms with Gasteiger partial charge in [-0.2, -0.15) is 0 Å². The van der Waals surface area contributed by atoms with E-state index >= 15 is 0 Å². The molecule has 1 atom stereocenters. The highest BCUT2D eigenvalue weighted by Crippen LogP contribution is 2.12. The fourth-order valence-electron chi connectivity index (χ4n) is 0.671. The van der Waals surface area contributed by atoms with E-state index in [0.717, 1.165) is 11.7 Å². The molecule has 1 aromatic rings. The molecule has 0 radical (unpaired) electrons. The molecule has 1 N–H and O–H groups in total. The summed E-state index contributed by atoms with van der Waals surface area (Å²) in [4.78, 5) is 0. The van der Waals surface area contributed by atoms with Crippen molar-refractivity contribution in [2.45, 2.75) is 19.2 Å². The third-order valence-electron chi connectivity index (χ3n) is 1.53. The number of hydrogen-bond donors (Lipinski definition) is 1. The van der Waals surface area contributed by atoms with Crippen molar-refractivity contribution in [2.75, 3.05) is 11.9 Å². The van der Waals surface area contributed by atoms with Crippen LogP contribution in [0.15, 0.2) is 5.51 Å². The topological polar surface area (TPSA) is 37.8 Å². The minimum absolute atomic E-state index is 0.147. The van der Waals surface area contributed by atoms with Gasteiger partial charge in [-0.25, -0.2) is 0 Å². The molecule has 0 fully saturated rings. The van der Waals surface area contributed by atoms with E-state index in [1.54, 1.807) is 5.51 Å². The van der Waals surface area contributed by atoms with E-state index in [1.807, 2.05) is 0 Å². The van der Waals surface area contributed by atoms with Gasteiger partial charge in [0, 0.05) is 6.54 Å². The summed E-state index contributed by atoms with van der Waals surface area (Å²) in [6, 6.07) is 0. The number of anilines is 1. The molecule has 0 saturated carbocycles. The Balaban J connectivity index is 2.27. The van der Waals surface area contributed by atoms with Gasteiger partial charge in [-0.05, 0) is 5.92 Å². The summed E-state index contributed by atoms with van der Waals surface area (Å²) in [6.07, 6.45) is 0. The second kappa shape index (κ2) is 4.62. The van der Waals surface area contributed by atoms with E-state index in [1.165, 1.54) is 11.3 Å². The number of halogens is 1. The Morgan fingerprint density at radius 1 is 1.67 bits per heavy atom. The second-order valence-corrected chi connectivity index (χ2v) is 4.28. The molecule has 0 aliphatic carbocycles. The average molecular weight is 206 g/mol. The van der Waals surface area contributed by atoms with Gasteiger partial charge in [0.05, 0.1) is 5.38 Å². The van der Waals surface area contributed by atoms with Gasteiger partial charge in [0.1, 0.15) is 5.51 Å². The summed E-state index contributed by atoms with van der Waals surface area (Å²) in [5.74, 6) is 0.479. The lowest BCUT2D eigenvalue weighted by Crippen LogP contribution is -2.19. The molecule has 12 heavy (non-hydrogen) atoms. The molecule has 1 heterocycles. The molecule has 0 aliphatic rings. The van der Waals surface area contributed by atoms with Crippen molar-refractivity contribution < 1.29 is 0 Å². The molecule has 1 aromatic heterocycles. The van der Waals surface area contributed by atoms with Crippen LogP contribution >= 0.6 is 22.9 Å². The van der Waals surface area contributed by atoms with Gasteiger partial charge in [-0.15, -0.1) is 21.8 Å². The van der Waals surface area contributed by atoms with Crippen LogP contribution in [0.4, 0.5) is 5.13 Å². The zero-order valence-electron chi connectivity index (χ0n) is 7.12. The summed E-state index contributed by atoms with van der Waals surface area (Å²) in [6.45, 7) is 4.94. The van der Waals surface area contributed by atoms with Crippen LogP contribution in [0.5, 0.6) is 0 Å². The SMILES string of the molecule is CC(C)C(Cl)CNc1nncs1. The van der Waals surface area contributed by atoms with Crippen molar-refractivity contribution in [3.05, 3.63) is 5.51 Å². The van der Waals surface area contributed by atoms with Gasteiger partial charge >= 0.3 is 0 Å². The molecule has 1 rings (SSSR count). The van der Waals surface area contributed by atoms with Crippen molar-refractivity contribution in [1.82, 2.24) is 10.2 Å². The smallest absolute Gasteiger partial charge is 0.205 e. The van der Waals surface area contributed by atoms with Crippen LogP contribution in [0, 0.1) is 5.92 Å². The highest BCUT2D eigenvalue weighted by atomic mass is 35.5. The third kappa shape index (κ3) is 2.95. The van der Waals surface area contributed by atoms with Crippen LogP contribution in [-0.2, 0) is 0 Å². The fraction of sp³-hybridized carbons (Fsp3) is 0.714. The number of rotatable bonds is 4. The van der Waals surface area contributed by atoms with Crippen molar-refractivity contribution in [3.8, 4) is 0 Å². The van der Waals surface area contributed by atoms with Crippen LogP contribution in [0.1, 0.15) is 13.8 Å². The summed E-state index contributed by atoms with van der Waals surface area (Å²) >= 11 is 7.51. The first-order chi connectivity index (χ1) is 5.70. The van der Waals surface area contributed by atoms with Crippen LogP contribution < -0.4 is 5.32 Å². The highest BCUT2D eigenvalue weighted by Gasteiger charge is 2.09. The largest absolute Gasteiger partial charge is 0.359 e. The van der Waals surface area contributed by atoms with Crippen molar-refractivity contribution >= 4 is 28.1 Å². The van der Waals surface area contributed by atoms with Gasteiger partial charge in [-0.3, -0.25) is 0 Å². The van der Waals surface area contributed by atoms with E-state index in [0.29, 0.717) is 5.92 Å². The predicted molar refractivity (Wildman–Crippen MR) is 52.9 cm³/mol. The second-order valence-electron chi connectivity index (χ2n) is 2.88. The highest BCUT2D eigenvalue weighted by molar-refractivity contribution is 7.13. The normalized spacial score (nSPS) is 13.3. The van der Waals surface area contributed by atoms with Gasteiger partial charge in [0.2, 0.25) is 5.13 Å².